The van der Waals surface area contributed by atoms with Gasteiger partial charge in [0, 0.05) is 6.04 Å². The summed E-state index contributed by atoms with van der Waals surface area (Å²) in [6.07, 6.45) is 6.11. The highest BCUT2D eigenvalue weighted by Crippen LogP contribution is 2.25. The molecular weight excluding hydrogens is 204 g/mol. The summed E-state index contributed by atoms with van der Waals surface area (Å²) in [7, 11) is 0. The third-order valence-electron chi connectivity index (χ3n) is 3.35. The SMILES string of the molecule is C#CCNC(=O)C(C)N1CCC(C)C1CO. The lowest BCUT2D eigenvalue weighted by Gasteiger charge is -2.29. The van der Waals surface area contributed by atoms with E-state index in [4.69, 9.17) is 6.42 Å². The van der Waals surface area contributed by atoms with Crippen molar-refractivity contribution in [3.05, 3.63) is 0 Å². The summed E-state index contributed by atoms with van der Waals surface area (Å²) in [6.45, 7) is 5.18. The van der Waals surface area contributed by atoms with E-state index in [9.17, 15) is 9.90 Å². The zero-order valence-electron chi connectivity index (χ0n) is 9.94. The summed E-state index contributed by atoms with van der Waals surface area (Å²) in [5.41, 5.74) is 0. The van der Waals surface area contributed by atoms with E-state index in [-0.39, 0.29) is 31.1 Å². The number of nitrogens with zero attached hydrogens (tertiary/aromatic N) is 1. The first-order valence-electron chi connectivity index (χ1n) is 5.69. The van der Waals surface area contributed by atoms with Crippen molar-refractivity contribution in [2.75, 3.05) is 19.7 Å². The van der Waals surface area contributed by atoms with Crippen LogP contribution in [0.2, 0.25) is 0 Å². The Balaban J connectivity index is 2.56. The van der Waals surface area contributed by atoms with Crippen molar-refractivity contribution in [3.63, 3.8) is 0 Å². The van der Waals surface area contributed by atoms with Crippen LogP contribution in [0.5, 0.6) is 0 Å². The van der Waals surface area contributed by atoms with Crippen molar-refractivity contribution in [2.45, 2.75) is 32.4 Å². The van der Waals surface area contributed by atoms with Crippen molar-refractivity contribution in [2.24, 2.45) is 5.92 Å². The fourth-order valence-electron chi connectivity index (χ4n) is 2.24. The Bertz CT molecular complexity index is 285. The molecule has 3 unspecified atom stereocenters. The van der Waals surface area contributed by atoms with Crippen LogP contribution in [0, 0.1) is 18.3 Å². The van der Waals surface area contributed by atoms with Gasteiger partial charge >= 0.3 is 0 Å². The molecule has 1 aliphatic heterocycles. The van der Waals surface area contributed by atoms with Crippen LogP contribution >= 0.6 is 0 Å². The van der Waals surface area contributed by atoms with Gasteiger partial charge in [-0.25, -0.2) is 0 Å². The van der Waals surface area contributed by atoms with E-state index in [0.29, 0.717) is 5.92 Å². The molecule has 1 heterocycles. The van der Waals surface area contributed by atoms with E-state index in [1.807, 2.05) is 6.92 Å². The predicted octanol–water partition coefficient (Wildman–Crippen LogP) is -0.173. The second kappa shape index (κ2) is 5.88. The Morgan fingerprint density at radius 3 is 3.00 bits per heavy atom. The van der Waals surface area contributed by atoms with Crippen LogP contribution in [0.25, 0.3) is 0 Å². The van der Waals surface area contributed by atoms with Crippen LogP contribution < -0.4 is 5.32 Å². The van der Waals surface area contributed by atoms with E-state index >= 15 is 0 Å². The van der Waals surface area contributed by atoms with Crippen molar-refractivity contribution in [1.29, 1.82) is 0 Å². The molecule has 0 aromatic rings. The van der Waals surface area contributed by atoms with Gasteiger partial charge in [-0.05, 0) is 25.8 Å². The highest BCUT2D eigenvalue weighted by molar-refractivity contribution is 5.81. The molecule has 0 aromatic heterocycles. The first-order valence-corrected chi connectivity index (χ1v) is 5.69. The molecule has 0 spiro atoms. The molecule has 16 heavy (non-hydrogen) atoms. The Labute approximate surface area is 97.0 Å². The Kier molecular flexibility index (Phi) is 4.78. The molecule has 1 saturated heterocycles. The van der Waals surface area contributed by atoms with Crippen molar-refractivity contribution in [3.8, 4) is 12.3 Å². The van der Waals surface area contributed by atoms with Crippen molar-refractivity contribution >= 4 is 5.91 Å². The summed E-state index contributed by atoms with van der Waals surface area (Å²) < 4.78 is 0. The van der Waals surface area contributed by atoms with Gasteiger partial charge in [-0.3, -0.25) is 9.69 Å². The average Bonchev–Trinajstić information content (AvgIpc) is 2.66. The fraction of sp³-hybridized carbons (Fsp3) is 0.750. The van der Waals surface area contributed by atoms with Gasteiger partial charge in [0.2, 0.25) is 5.91 Å². The third kappa shape index (κ3) is 2.75. The number of nitrogens with one attached hydrogen (secondary N) is 1. The summed E-state index contributed by atoms with van der Waals surface area (Å²) >= 11 is 0. The second-order valence-electron chi connectivity index (χ2n) is 4.35. The number of hydrogen-bond donors (Lipinski definition) is 2. The largest absolute Gasteiger partial charge is 0.395 e. The summed E-state index contributed by atoms with van der Waals surface area (Å²) in [6, 6.07) is -0.137. The zero-order chi connectivity index (χ0) is 12.1. The zero-order valence-corrected chi connectivity index (χ0v) is 9.94. The lowest BCUT2D eigenvalue weighted by atomic mass is 10.0. The number of carbonyl (C=O) groups excluding carboxylic acids is 1. The van der Waals surface area contributed by atoms with Crippen LogP contribution in [-0.2, 0) is 4.79 Å². The van der Waals surface area contributed by atoms with Crippen molar-refractivity contribution in [1.82, 2.24) is 10.2 Å². The minimum atomic E-state index is -0.226. The number of hydrogen-bond acceptors (Lipinski definition) is 3. The van der Waals surface area contributed by atoms with E-state index < -0.39 is 0 Å². The summed E-state index contributed by atoms with van der Waals surface area (Å²) in [4.78, 5) is 13.8. The number of aliphatic hydroxyl groups excluding tert-OH is 1. The number of terminal acetylenes is 1. The van der Waals surface area contributed by atoms with E-state index in [0.717, 1.165) is 13.0 Å². The summed E-state index contributed by atoms with van der Waals surface area (Å²) in [5.74, 6) is 2.75. The second-order valence-corrected chi connectivity index (χ2v) is 4.35. The lowest BCUT2D eigenvalue weighted by molar-refractivity contribution is -0.126. The van der Waals surface area contributed by atoms with Gasteiger partial charge in [0.25, 0.3) is 0 Å². The number of carbonyl (C=O) groups is 1. The number of rotatable bonds is 4. The van der Waals surface area contributed by atoms with Crippen LogP contribution in [-0.4, -0.2) is 47.7 Å². The molecule has 90 valence electrons. The number of aliphatic hydroxyl groups is 1. The maximum atomic E-state index is 11.7. The van der Waals surface area contributed by atoms with Crippen LogP contribution in [0.3, 0.4) is 0 Å². The molecule has 4 heteroatoms. The lowest BCUT2D eigenvalue weighted by Crippen LogP contribution is -2.49. The monoisotopic (exact) mass is 224 g/mol. The fourth-order valence-corrected chi connectivity index (χ4v) is 2.24. The molecular formula is C12H20N2O2. The van der Waals surface area contributed by atoms with E-state index in [1.165, 1.54) is 0 Å². The van der Waals surface area contributed by atoms with Gasteiger partial charge in [0.15, 0.2) is 0 Å². The molecule has 0 radical (unpaired) electrons. The average molecular weight is 224 g/mol. The molecule has 0 saturated carbocycles. The molecule has 0 bridgehead atoms. The molecule has 0 aliphatic carbocycles. The first-order chi connectivity index (χ1) is 7.61. The highest BCUT2D eigenvalue weighted by Gasteiger charge is 2.35. The van der Waals surface area contributed by atoms with Gasteiger partial charge < -0.3 is 10.4 Å². The van der Waals surface area contributed by atoms with Gasteiger partial charge in [-0.1, -0.05) is 12.8 Å². The smallest absolute Gasteiger partial charge is 0.237 e. The molecule has 0 aromatic carbocycles. The standard InChI is InChI=1S/C12H20N2O2/c1-4-6-13-12(16)10(3)14-7-5-9(2)11(14)8-15/h1,9-11,15H,5-8H2,2-3H3,(H,13,16). The molecule has 2 N–H and O–H groups in total. The Morgan fingerprint density at radius 2 is 2.44 bits per heavy atom. The molecule has 1 fully saturated rings. The van der Waals surface area contributed by atoms with Crippen molar-refractivity contribution < 1.29 is 9.90 Å². The molecule has 1 amide bonds. The Hall–Kier alpha value is -1.05. The van der Waals surface area contributed by atoms with E-state index in [2.05, 4.69) is 23.1 Å². The topological polar surface area (TPSA) is 52.6 Å². The quantitative estimate of drug-likeness (QED) is 0.652. The molecule has 3 atom stereocenters. The number of likely N-dealkylation sites (tertiary alicyclic amines) is 1. The maximum Gasteiger partial charge on any atom is 0.237 e. The third-order valence-corrected chi connectivity index (χ3v) is 3.35. The maximum absolute atomic E-state index is 11.7. The summed E-state index contributed by atoms with van der Waals surface area (Å²) in [5, 5.41) is 12.0. The van der Waals surface area contributed by atoms with Gasteiger partial charge in [0.1, 0.15) is 0 Å². The molecule has 1 rings (SSSR count). The Morgan fingerprint density at radius 1 is 1.75 bits per heavy atom. The minimum Gasteiger partial charge on any atom is -0.395 e. The van der Waals surface area contributed by atoms with Gasteiger partial charge in [-0.15, -0.1) is 6.42 Å². The van der Waals surface area contributed by atoms with Crippen LogP contribution in [0.15, 0.2) is 0 Å². The molecule has 4 nitrogen and oxygen atoms in total. The first kappa shape index (κ1) is 13.0. The van der Waals surface area contributed by atoms with Crippen LogP contribution in [0.4, 0.5) is 0 Å². The predicted molar refractivity (Wildman–Crippen MR) is 62.7 cm³/mol. The minimum absolute atomic E-state index is 0.0644. The number of amides is 1. The highest BCUT2D eigenvalue weighted by atomic mass is 16.3. The van der Waals surface area contributed by atoms with Gasteiger partial charge in [0.05, 0.1) is 19.2 Å². The molecule has 1 aliphatic rings. The normalized spacial score (nSPS) is 27.4. The van der Waals surface area contributed by atoms with E-state index in [1.54, 1.807) is 0 Å². The van der Waals surface area contributed by atoms with Crippen LogP contribution in [0.1, 0.15) is 20.3 Å². The van der Waals surface area contributed by atoms with Gasteiger partial charge in [-0.2, -0.15) is 0 Å².